The summed E-state index contributed by atoms with van der Waals surface area (Å²) in [5.74, 6) is 0. The Bertz CT molecular complexity index is 160. The fraction of sp³-hybridized carbons (Fsp3) is 0.556. The third-order valence-corrected chi connectivity index (χ3v) is 1.44. The first-order chi connectivity index (χ1) is 5.66. The van der Waals surface area contributed by atoms with Crippen molar-refractivity contribution in [1.29, 1.82) is 0 Å². The van der Waals surface area contributed by atoms with E-state index in [1.807, 2.05) is 20.0 Å². The molecule has 0 fully saturated rings. The van der Waals surface area contributed by atoms with E-state index in [4.69, 9.17) is 11.6 Å². The van der Waals surface area contributed by atoms with Crippen LogP contribution in [0.3, 0.4) is 0 Å². The molecule has 0 aromatic carbocycles. The van der Waals surface area contributed by atoms with Gasteiger partial charge in [-0.3, -0.25) is 0 Å². The van der Waals surface area contributed by atoms with Crippen LogP contribution >= 0.6 is 11.6 Å². The minimum atomic E-state index is 0.751. The van der Waals surface area contributed by atoms with Gasteiger partial charge in [0.25, 0.3) is 0 Å². The van der Waals surface area contributed by atoms with Gasteiger partial charge in [-0.2, -0.15) is 0 Å². The van der Waals surface area contributed by atoms with E-state index >= 15 is 0 Å². The molecule has 12 heavy (non-hydrogen) atoms. The van der Waals surface area contributed by atoms with Gasteiger partial charge in [-0.25, -0.2) is 0 Å². The smallest absolute Gasteiger partial charge is 0.0278 e. The van der Waals surface area contributed by atoms with Gasteiger partial charge in [0, 0.05) is 17.3 Å². The Morgan fingerprint density at radius 3 is 2.67 bits per heavy atom. The highest BCUT2D eigenvalue weighted by molar-refractivity contribution is 6.29. The first-order valence-corrected chi connectivity index (χ1v) is 4.45. The topological polar surface area (TPSA) is 24.1 Å². The van der Waals surface area contributed by atoms with E-state index in [1.54, 1.807) is 0 Å². The summed E-state index contributed by atoms with van der Waals surface area (Å²) in [6.07, 6.45) is 2.91. The Balaban J connectivity index is 3.39. The molecule has 0 spiro atoms. The molecule has 0 bridgehead atoms. The van der Waals surface area contributed by atoms with Crippen LogP contribution < -0.4 is 10.6 Å². The lowest BCUT2D eigenvalue weighted by molar-refractivity contribution is 0.683. The quantitative estimate of drug-likeness (QED) is 0.491. The number of rotatable bonds is 6. The Hall–Kier alpha value is -0.470. The second-order valence-electron chi connectivity index (χ2n) is 2.64. The largest absolute Gasteiger partial charge is 0.385 e. The van der Waals surface area contributed by atoms with Crippen molar-refractivity contribution in [2.75, 3.05) is 20.1 Å². The molecule has 3 heteroatoms. The van der Waals surface area contributed by atoms with Crippen molar-refractivity contribution in [1.82, 2.24) is 10.6 Å². The maximum absolute atomic E-state index is 5.66. The van der Waals surface area contributed by atoms with Crippen molar-refractivity contribution in [3.63, 3.8) is 0 Å². The molecule has 70 valence electrons. The zero-order valence-corrected chi connectivity index (χ0v) is 8.54. The average molecular weight is 189 g/mol. The molecular weight excluding hydrogens is 172 g/mol. The first-order valence-electron chi connectivity index (χ1n) is 4.08. The summed E-state index contributed by atoms with van der Waals surface area (Å²) < 4.78 is 0. The zero-order chi connectivity index (χ0) is 9.40. The second kappa shape index (κ2) is 7.19. The van der Waals surface area contributed by atoms with Gasteiger partial charge in [-0.05, 0) is 33.0 Å². The summed E-state index contributed by atoms with van der Waals surface area (Å²) in [6.45, 7) is 7.58. The maximum atomic E-state index is 5.66. The first kappa shape index (κ1) is 11.5. The summed E-state index contributed by atoms with van der Waals surface area (Å²) >= 11 is 5.66. The van der Waals surface area contributed by atoms with E-state index in [0.29, 0.717) is 0 Å². The molecule has 0 aliphatic rings. The SMILES string of the molecule is C=C(/C=C(\C)Cl)NCCCNC. The fourth-order valence-electron chi connectivity index (χ4n) is 0.805. The Morgan fingerprint density at radius 2 is 2.17 bits per heavy atom. The highest BCUT2D eigenvalue weighted by Crippen LogP contribution is 2.01. The van der Waals surface area contributed by atoms with Crippen molar-refractivity contribution >= 4 is 11.6 Å². The second-order valence-corrected chi connectivity index (χ2v) is 3.24. The van der Waals surface area contributed by atoms with E-state index in [2.05, 4.69) is 17.2 Å². The molecule has 2 nitrogen and oxygen atoms in total. The molecule has 0 saturated carbocycles. The summed E-state index contributed by atoms with van der Waals surface area (Å²) in [7, 11) is 1.94. The number of nitrogens with one attached hydrogen (secondary N) is 2. The minimum absolute atomic E-state index is 0.751. The van der Waals surface area contributed by atoms with Gasteiger partial charge in [0.2, 0.25) is 0 Å². The fourth-order valence-corrected chi connectivity index (χ4v) is 0.937. The van der Waals surface area contributed by atoms with Crippen molar-refractivity contribution < 1.29 is 0 Å². The monoisotopic (exact) mass is 188 g/mol. The van der Waals surface area contributed by atoms with Gasteiger partial charge >= 0.3 is 0 Å². The van der Waals surface area contributed by atoms with E-state index < -0.39 is 0 Å². The normalized spacial score (nSPS) is 11.4. The van der Waals surface area contributed by atoms with Crippen molar-refractivity contribution in [3.05, 3.63) is 23.4 Å². The molecule has 0 rings (SSSR count). The molecule has 0 aromatic heterocycles. The predicted octanol–water partition coefficient (Wildman–Crippen LogP) is 1.84. The third kappa shape index (κ3) is 7.63. The zero-order valence-electron chi connectivity index (χ0n) is 7.78. The molecular formula is C9H17ClN2. The van der Waals surface area contributed by atoms with E-state index in [9.17, 15) is 0 Å². The lowest BCUT2D eigenvalue weighted by Crippen LogP contribution is -2.18. The minimum Gasteiger partial charge on any atom is -0.385 e. The van der Waals surface area contributed by atoms with Crippen molar-refractivity contribution in [3.8, 4) is 0 Å². The van der Waals surface area contributed by atoms with Crippen LogP contribution in [0.1, 0.15) is 13.3 Å². The number of allylic oxidation sites excluding steroid dienone is 2. The van der Waals surface area contributed by atoms with Gasteiger partial charge in [0.05, 0.1) is 0 Å². The van der Waals surface area contributed by atoms with Crippen LogP contribution in [0.15, 0.2) is 23.4 Å². The molecule has 0 saturated heterocycles. The molecule has 2 N–H and O–H groups in total. The van der Waals surface area contributed by atoms with E-state index in [1.165, 1.54) is 0 Å². The molecule has 0 aliphatic carbocycles. The summed E-state index contributed by atoms with van der Waals surface area (Å²) in [5.41, 5.74) is 0.874. The average Bonchev–Trinajstić information content (AvgIpc) is 1.97. The van der Waals surface area contributed by atoms with Gasteiger partial charge in [-0.1, -0.05) is 18.2 Å². The lowest BCUT2D eigenvalue weighted by Gasteiger charge is -2.05. The third-order valence-electron chi connectivity index (χ3n) is 1.33. The summed E-state index contributed by atoms with van der Waals surface area (Å²) in [4.78, 5) is 0. The Kier molecular flexibility index (Phi) is 6.91. The highest BCUT2D eigenvalue weighted by atomic mass is 35.5. The molecule has 0 aromatic rings. The summed E-state index contributed by atoms with van der Waals surface area (Å²) in [6, 6.07) is 0. The molecule has 0 radical (unpaired) electrons. The Labute approximate surface area is 79.7 Å². The number of hydrogen-bond acceptors (Lipinski definition) is 2. The maximum Gasteiger partial charge on any atom is 0.0278 e. The molecule has 0 aliphatic heterocycles. The van der Waals surface area contributed by atoms with Crippen molar-refractivity contribution in [2.24, 2.45) is 0 Å². The lowest BCUT2D eigenvalue weighted by atomic mass is 10.3. The number of halogens is 1. The molecule has 0 heterocycles. The van der Waals surface area contributed by atoms with Gasteiger partial charge in [-0.15, -0.1) is 0 Å². The van der Waals surface area contributed by atoms with Crippen LogP contribution in [0.2, 0.25) is 0 Å². The molecule has 0 atom stereocenters. The Morgan fingerprint density at radius 1 is 1.50 bits per heavy atom. The van der Waals surface area contributed by atoms with Crippen LogP contribution in [-0.4, -0.2) is 20.1 Å². The molecule has 0 unspecified atom stereocenters. The predicted molar refractivity (Wildman–Crippen MR) is 55.3 cm³/mol. The van der Waals surface area contributed by atoms with Crippen LogP contribution in [0.25, 0.3) is 0 Å². The standard InChI is InChI=1S/C9H17ClN2/c1-8(10)7-9(2)12-6-4-5-11-3/h7,11-12H,2,4-6H2,1,3H3/b8-7+. The molecule has 0 amide bonds. The van der Waals surface area contributed by atoms with E-state index in [-0.39, 0.29) is 0 Å². The highest BCUT2D eigenvalue weighted by Gasteiger charge is 1.88. The summed E-state index contributed by atoms with van der Waals surface area (Å²) in [5, 5.41) is 6.98. The van der Waals surface area contributed by atoms with Crippen LogP contribution in [0, 0.1) is 0 Å². The van der Waals surface area contributed by atoms with Crippen LogP contribution in [-0.2, 0) is 0 Å². The van der Waals surface area contributed by atoms with E-state index in [0.717, 1.165) is 30.2 Å². The van der Waals surface area contributed by atoms with Crippen LogP contribution in [0.4, 0.5) is 0 Å². The van der Waals surface area contributed by atoms with Gasteiger partial charge < -0.3 is 10.6 Å². The van der Waals surface area contributed by atoms with Gasteiger partial charge in [0.1, 0.15) is 0 Å². The van der Waals surface area contributed by atoms with Gasteiger partial charge in [0.15, 0.2) is 0 Å². The van der Waals surface area contributed by atoms with Crippen LogP contribution in [0.5, 0.6) is 0 Å². The number of hydrogen-bond donors (Lipinski definition) is 2. The van der Waals surface area contributed by atoms with Crippen molar-refractivity contribution in [2.45, 2.75) is 13.3 Å².